The standard InChI is InChI=1S/C25H34N6O5S/c1-7-37(33,34)30(5)19-10-8-17(9-11-19)22-21(23(26)32)24(31(29-22)25(2,3)4)28-18-12-13-27-20(16-18)36-15-14-35-6/h8-13,16H,7,14-15H2,1-6H3,(H2,26,32)(H,27,28). The number of rotatable bonds is 11. The van der Waals surface area contributed by atoms with Gasteiger partial charge in [0.2, 0.25) is 15.9 Å². The maximum atomic E-state index is 12.7. The fraction of sp³-hybridized carbons (Fsp3) is 0.400. The van der Waals surface area contributed by atoms with E-state index in [4.69, 9.17) is 20.3 Å². The van der Waals surface area contributed by atoms with Crippen LogP contribution in [0.3, 0.4) is 0 Å². The van der Waals surface area contributed by atoms with Gasteiger partial charge in [0, 0.05) is 37.7 Å². The molecule has 0 spiro atoms. The van der Waals surface area contributed by atoms with Crippen LogP contribution < -0.4 is 20.1 Å². The Morgan fingerprint density at radius 2 is 1.84 bits per heavy atom. The lowest BCUT2D eigenvalue weighted by Gasteiger charge is -2.23. The number of hydrogen-bond donors (Lipinski definition) is 2. The van der Waals surface area contributed by atoms with Crippen molar-refractivity contribution < 1.29 is 22.7 Å². The lowest BCUT2D eigenvalue weighted by molar-refractivity contribution is 0.100. The molecular formula is C25H34N6O5S. The molecule has 11 nitrogen and oxygen atoms in total. The van der Waals surface area contributed by atoms with E-state index in [1.54, 1.807) is 61.3 Å². The first-order valence-corrected chi connectivity index (χ1v) is 13.3. The number of methoxy groups -OCH3 is 1. The van der Waals surface area contributed by atoms with E-state index in [0.29, 0.717) is 47.5 Å². The summed E-state index contributed by atoms with van der Waals surface area (Å²) >= 11 is 0. The van der Waals surface area contributed by atoms with E-state index < -0.39 is 21.5 Å². The number of benzene rings is 1. The average molecular weight is 531 g/mol. The Hall–Kier alpha value is -3.64. The van der Waals surface area contributed by atoms with Crippen LogP contribution in [0, 0.1) is 0 Å². The van der Waals surface area contributed by atoms with E-state index >= 15 is 0 Å². The fourth-order valence-electron chi connectivity index (χ4n) is 3.57. The molecule has 0 saturated carbocycles. The van der Waals surface area contributed by atoms with Crippen molar-refractivity contribution in [3.8, 4) is 17.1 Å². The van der Waals surface area contributed by atoms with Crippen LogP contribution in [0.1, 0.15) is 38.1 Å². The largest absolute Gasteiger partial charge is 0.475 e. The number of anilines is 3. The molecular weight excluding hydrogens is 496 g/mol. The van der Waals surface area contributed by atoms with Gasteiger partial charge < -0.3 is 20.5 Å². The Morgan fingerprint density at radius 1 is 1.16 bits per heavy atom. The van der Waals surface area contributed by atoms with Crippen molar-refractivity contribution in [3.05, 3.63) is 48.2 Å². The summed E-state index contributed by atoms with van der Waals surface area (Å²) < 4.78 is 38.0. The summed E-state index contributed by atoms with van der Waals surface area (Å²) in [6.45, 7) is 8.22. The van der Waals surface area contributed by atoms with Gasteiger partial charge in [0.1, 0.15) is 23.7 Å². The highest BCUT2D eigenvalue weighted by Crippen LogP contribution is 2.35. The molecule has 0 saturated heterocycles. The van der Waals surface area contributed by atoms with E-state index in [2.05, 4.69) is 10.3 Å². The normalized spacial score (nSPS) is 11.8. The van der Waals surface area contributed by atoms with Gasteiger partial charge >= 0.3 is 0 Å². The third-order valence-corrected chi connectivity index (χ3v) is 7.36. The summed E-state index contributed by atoms with van der Waals surface area (Å²) in [6, 6.07) is 10.2. The molecule has 0 fully saturated rings. The number of nitrogens with zero attached hydrogens (tertiary/aromatic N) is 4. The number of sulfonamides is 1. The second-order valence-corrected chi connectivity index (χ2v) is 11.6. The number of ether oxygens (including phenoxy) is 2. The molecule has 3 aromatic rings. The lowest BCUT2D eigenvalue weighted by Crippen LogP contribution is -2.27. The van der Waals surface area contributed by atoms with E-state index in [9.17, 15) is 13.2 Å². The first-order valence-electron chi connectivity index (χ1n) is 11.7. The van der Waals surface area contributed by atoms with Crippen LogP contribution in [-0.4, -0.2) is 62.2 Å². The number of nitrogens with one attached hydrogen (secondary N) is 1. The zero-order valence-electron chi connectivity index (χ0n) is 22.0. The summed E-state index contributed by atoms with van der Waals surface area (Å²) in [5.41, 5.74) is 7.67. The average Bonchev–Trinajstić information content (AvgIpc) is 3.24. The SMILES string of the molecule is CCS(=O)(=O)N(C)c1ccc(-c2nn(C(C)(C)C)c(Nc3ccnc(OCCOC)c3)c2C(N)=O)cc1. The van der Waals surface area contributed by atoms with Gasteiger partial charge in [-0.25, -0.2) is 18.1 Å². The predicted octanol–water partition coefficient (Wildman–Crippen LogP) is 3.35. The minimum atomic E-state index is -3.41. The highest BCUT2D eigenvalue weighted by Gasteiger charge is 2.29. The molecule has 200 valence electrons. The molecule has 3 rings (SSSR count). The Bertz CT molecular complexity index is 1350. The number of carbonyl (C=O) groups is 1. The van der Waals surface area contributed by atoms with Gasteiger partial charge in [0.15, 0.2) is 0 Å². The van der Waals surface area contributed by atoms with Crippen LogP contribution in [0.4, 0.5) is 17.2 Å². The summed E-state index contributed by atoms with van der Waals surface area (Å²) in [6.07, 6.45) is 1.59. The molecule has 2 heterocycles. The van der Waals surface area contributed by atoms with Crippen molar-refractivity contribution in [2.24, 2.45) is 5.73 Å². The number of aromatic nitrogens is 3. The Balaban J connectivity index is 2.06. The first kappa shape index (κ1) is 27.9. The summed E-state index contributed by atoms with van der Waals surface area (Å²) in [4.78, 5) is 16.9. The molecule has 2 aromatic heterocycles. The van der Waals surface area contributed by atoms with Crippen molar-refractivity contribution in [1.29, 1.82) is 0 Å². The van der Waals surface area contributed by atoms with Gasteiger partial charge in [-0.1, -0.05) is 12.1 Å². The number of carbonyl (C=O) groups excluding carboxylic acids is 1. The molecule has 1 aromatic carbocycles. The Morgan fingerprint density at radius 3 is 2.41 bits per heavy atom. The van der Waals surface area contributed by atoms with E-state index in [0.717, 1.165) is 0 Å². The minimum Gasteiger partial charge on any atom is -0.475 e. The van der Waals surface area contributed by atoms with E-state index in [-0.39, 0.29) is 11.3 Å². The van der Waals surface area contributed by atoms with E-state index in [1.807, 2.05) is 20.8 Å². The van der Waals surface area contributed by atoms with Crippen molar-refractivity contribution in [2.75, 3.05) is 42.7 Å². The number of nitrogens with two attached hydrogens (primary N) is 1. The highest BCUT2D eigenvalue weighted by molar-refractivity contribution is 7.92. The molecule has 12 heteroatoms. The molecule has 0 bridgehead atoms. The van der Waals surface area contributed by atoms with Gasteiger partial charge in [-0.3, -0.25) is 9.10 Å². The maximum Gasteiger partial charge on any atom is 0.254 e. The number of primary amides is 1. The molecule has 0 aliphatic heterocycles. The quantitative estimate of drug-likeness (QED) is 0.360. The Kier molecular flexibility index (Phi) is 8.44. The van der Waals surface area contributed by atoms with Crippen LogP contribution in [0.25, 0.3) is 11.3 Å². The monoisotopic (exact) mass is 530 g/mol. The molecule has 0 aliphatic carbocycles. The van der Waals surface area contributed by atoms with Crippen LogP contribution in [-0.2, 0) is 20.3 Å². The van der Waals surface area contributed by atoms with Crippen LogP contribution in [0.15, 0.2) is 42.6 Å². The van der Waals surface area contributed by atoms with Crippen molar-refractivity contribution in [3.63, 3.8) is 0 Å². The van der Waals surface area contributed by atoms with Crippen LogP contribution in [0.5, 0.6) is 5.88 Å². The van der Waals surface area contributed by atoms with Crippen molar-refractivity contribution >= 4 is 33.1 Å². The number of pyridine rings is 1. The topological polar surface area (TPSA) is 142 Å². The smallest absolute Gasteiger partial charge is 0.254 e. The van der Waals surface area contributed by atoms with Gasteiger partial charge in [0.25, 0.3) is 5.91 Å². The lowest BCUT2D eigenvalue weighted by atomic mass is 10.1. The molecule has 3 N–H and O–H groups in total. The Labute approximate surface area is 217 Å². The van der Waals surface area contributed by atoms with Gasteiger partial charge in [0.05, 0.1) is 23.6 Å². The predicted molar refractivity (Wildman–Crippen MR) is 144 cm³/mol. The second-order valence-electron chi connectivity index (χ2n) is 9.28. The van der Waals surface area contributed by atoms with Crippen molar-refractivity contribution in [2.45, 2.75) is 33.2 Å². The van der Waals surface area contributed by atoms with Crippen LogP contribution in [0.2, 0.25) is 0 Å². The molecule has 0 atom stereocenters. The minimum absolute atomic E-state index is 0.0176. The molecule has 1 amide bonds. The number of hydrogen-bond acceptors (Lipinski definition) is 8. The zero-order valence-corrected chi connectivity index (χ0v) is 22.8. The second kappa shape index (κ2) is 11.2. The third kappa shape index (κ3) is 6.38. The molecule has 0 unspecified atom stereocenters. The van der Waals surface area contributed by atoms with Gasteiger partial charge in [-0.15, -0.1) is 0 Å². The fourth-order valence-corrected chi connectivity index (χ4v) is 4.40. The van der Waals surface area contributed by atoms with Crippen LogP contribution >= 0.6 is 0 Å². The first-order chi connectivity index (χ1) is 17.4. The van der Waals surface area contributed by atoms with Crippen molar-refractivity contribution in [1.82, 2.24) is 14.8 Å². The van der Waals surface area contributed by atoms with Gasteiger partial charge in [-0.2, -0.15) is 5.10 Å². The van der Waals surface area contributed by atoms with E-state index in [1.165, 1.54) is 11.4 Å². The third-order valence-electron chi connectivity index (χ3n) is 5.59. The molecule has 37 heavy (non-hydrogen) atoms. The zero-order chi connectivity index (χ0) is 27.4. The molecule has 0 aliphatic rings. The summed E-state index contributed by atoms with van der Waals surface area (Å²) in [5.74, 6) is 0.134. The molecule has 0 radical (unpaired) electrons. The number of amides is 1. The van der Waals surface area contributed by atoms with Gasteiger partial charge in [-0.05, 0) is 45.9 Å². The summed E-state index contributed by atoms with van der Waals surface area (Å²) in [5, 5.41) is 8.02. The summed E-state index contributed by atoms with van der Waals surface area (Å²) in [7, 11) is -0.322. The maximum absolute atomic E-state index is 12.7. The highest BCUT2D eigenvalue weighted by atomic mass is 32.2.